The molecular weight excluding hydrogens is 388 g/mol. The minimum absolute atomic E-state index is 0.0244. The summed E-state index contributed by atoms with van der Waals surface area (Å²) < 4.78 is 6.17. The number of para-hydroxylation sites is 1. The third kappa shape index (κ3) is 5.70. The number of nitrogens with zero attached hydrogens (tertiary/aromatic N) is 3. The van der Waals surface area contributed by atoms with Crippen LogP contribution in [0.5, 0.6) is 5.75 Å². The molecule has 2 heterocycles. The van der Waals surface area contributed by atoms with Crippen molar-refractivity contribution in [1.29, 1.82) is 0 Å². The van der Waals surface area contributed by atoms with Crippen LogP contribution in [0.2, 0.25) is 0 Å². The van der Waals surface area contributed by atoms with E-state index in [2.05, 4.69) is 64.5 Å². The molecule has 2 aromatic carbocycles. The lowest BCUT2D eigenvalue weighted by Gasteiger charge is -2.36. The summed E-state index contributed by atoms with van der Waals surface area (Å²) in [4.78, 5) is 19.3. The Hall–Kier alpha value is -2.73. The van der Waals surface area contributed by atoms with Crippen molar-refractivity contribution in [2.24, 2.45) is 0 Å². The van der Waals surface area contributed by atoms with Crippen LogP contribution in [0.4, 0.5) is 16.2 Å². The first-order valence-electron chi connectivity index (χ1n) is 11.6. The number of ether oxygens (including phenoxy) is 1. The van der Waals surface area contributed by atoms with Crippen molar-refractivity contribution in [3.05, 3.63) is 54.1 Å². The maximum atomic E-state index is 12.5. The van der Waals surface area contributed by atoms with Crippen LogP contribution in [0.3, 0.4) is 0 Å². The van der Waals surface area contributed by atoms with Crippen LogP contribution in [-0.2, 0) is 6.42 Å². The van der Waals surface area contributed by atoms with Crippen LogP contribution in [0.1, 0.15) is 25.3 Å². The van der Waals surface area contributed by atoms with Gasteiger partial charge < -0.3 is 19.9 Å². The topological polar surface area (TPSA) is 48.1 Å². The molecule has 31 heavy (non-hydrogen) atoms. The molecule has 0 spiro atoms. The lowest BCUT2D eigenvalue weighted by atomic mass is 10.1. The first-order valence-corrected chi connectivity index (χ1v) is 11.6. The average Bonchev–Trinajstić information content (AvgIpc) is 3.36. The summed E-state index contributed by atoms with van der Waals surface area (Å²) in [6.07, 6.45) is 3.12. The molecule has 6 nitrogen and oxygen atoms in total. The van der Waals surface area contributed by atoms with Crippen LogP contribution in [0, 0.1) is 0 Å². The molecule has 2 fully saturated rings. The first kappa shape index (κ1) is 21.5. The molecule has 0 bridgehead atoms. The van der Waals surface area contributed by atoms with E-state index in [0.717, 1.165) is 76.5 Å². The first-order chi connectivity index (χ1) is 15.2. The second kappa shape index (κ2) is 10.5. The molecule has 2 saturated heterocycles. The molecule has 0 atom stereocenters. The Morgan fingerprint density at radius 3 is 2.42 bits per heavy atom. The van der Waals surface area contributed by atoms with Gasteiger partial charge in [-0.2, -0.15) is 0 Å². The van der Waals surface area contributed by atoms with Gasteiger partial charge in [0.15, 0.2) is 0 Å². The van der Waals surface area contributed by atoms with Crippen molar-refractivity contribution < 1.29 is 9.53 Å². The highest BCUT2D eigenvalue weighted by molar-refractivity contribution is 5.91. The minimum atomic E-state index is -0.0244. The maximum absolute atomic E-state index is 12.5. The van der Waals surface area contributed by atoms with Crippen LogP contribution in [0.25, 0.3) is 0 Å². The molecule has 2 amide bonds. The Morgan fingerprint density at radius 2 is 1.71 bits per heavy atom. The molecule has 1 N–H and O–H groups in total. The fourth-order valence-corrected chi connectivity index (χ4v) is 4.28. The van der Waals surface area contributed by atoms with Crippen molar-refractivity contribution in [3.63, 3.8) is 0 Å². The Balaban J connectivity index is 1.29. The van der Waals surface area contributed by atoms with Crippen molar-refractivity contribution in [1.82, 2.24) is 9.80 Å². The summed E-state index contributed by atoms with van der Waals surface area (Å²) in [5, 5.41) is 3.06. The molecule has 2 aromatic rings. The summed E-state index contributed by atoms with van der Waals surface area (Å²) in [5.74, 6) is 0.773. The highest BCUT2D eigenvalue weighted by atomic mass is 16.5. The van der Waals surface area contributed by atoms with Crippen LogP contribution in [0.15, 0.2) is 48.5 Å². The predicted octanol–water partition coefficient (Wildman–Crippen LogP) is 4.08. The Labute approximate surface area is 185 Å². The minimum Gasteiger partial charge on any atom is -0.490 e. The molecule has 0 aliphatic carbocycles. The number of aryl methyl sites for hydroxylation is 1. The lowest BCUT2D eigenvalue weighted by molar-refractivity contribution is 0.200. The van der Waals surface area contributed by atoms with Crippen molar-refractivity contribution in [3.8, 4) is 5.75 Å². The van der Waals surface area contributed by atoms with Crippen molar-refractivity contribution in [2.75, 3.05) is 62.6 Å². The van der Waals surface area contributed by atoms with E-state index in [0.29, 0.717) is 6.61 Å². The SMILES string of the molecule is CCc1ccc(NC(=O)N2CCCC2)c(OCCN2CCN(c3ccccc3)CC2)c1. The fraction of sp³-hybridized carbons (Fsp3) is 0.480. The maximum Gasteiger partial charge on any atom is 0.321 e. The van der Waals surface area contributed by atoms with Crippen molar-refractivity contribution in [2.45, 2.75) is 26.2 Å². The number of anilines is 2. The molecular formula is C25H34N4O2. The van der Waals surface area contributed by atoms with Gasteiger partial charge >= 0.3 is 6.03 Å². The van der Waals surface area contributed by atoms with Gasteiger partial charge in [-0.25, -0.2) is 4.79 Å². The third-order valence-corrected chi connectivity index (χ3v) is 6.25. The Kier molecular flexibility index (Phi) is 7.30. The molecule has 0 radical (unpaired) electrons. The fourth-order valence-electron chi connectivity index (χ4n) is 4.28. The monoisotopic (exact) mass is 422 g/mol. The molecule has 2 aliphatic rings. The van der Waals surface area contributed by atoms with Crippen LogP contribution >= 0.6 is 0 Å². The summed E-state index contributed by atoms with van der Waals surface area (Å²) in [5.41, 5.74) is 3.28. The van der Waals surface area contributed by atoms with Gasteiger partial charge in [-0.1, -0.05) is 31.2 Å². The smallest absolute Gasteiger partial charge is 0.321 e. The normalized spacial score (nSPS) is 17.1. The number of urea groups is 1. The van der Waals surface area contributed by atoms with Gasteiger partial charge in [0, 0.05) is 51.5 Å². The van der Waals surface area contributed by atoms with E-state index in [1.54, 1.807) is 0 Å². The van der Waals surface area contributed by atoms with E-state index >= 15 is 0 Å². The second-order valence-corrected chi connectivity index (χ2v) is 8.32. The number of carbonyl (C=O) groups excluding carboxylic acids is 1. The summed E-state index contributed by atoms with van der Waals surface area (Å²) in [7, 11) is 0. The summed E-state index contributed by atoms with van der Waals surface area (Å²) in [6, 6.07) is 16.7. The molecule has 166 valence electrons. The second-order valence-electron chi connectivity index (χ2n) is 8.32. The Bertz CT molecular complexity index is 844. The highest BCUT2D eigenvalue weighted by Crippen LogP contribution is 2.27. The number of hydrogen-bond donors (Lipinski definition) is 1. The quantitative estimate of drug-likeness (QED) is 0.731. The standard InChI is InChI=1S/C25H34N4O2/c1-2-21-10-11-23(26-25(30)29-12-6-7-13-29)24(20-21)31-19-18-27-14-16-28(17-15-27)22-8-4-3-5-9-22/h3-5,8-11,20H,2,6-7,12-19H2,1H3,(H,26,30). The van der Waals surface area contributed by atoms with Gasteiger partial charge in [0.25, 0.3) is 0 Å². The molecule has 0 unspecified atom stereocenters. The number of hydrogen-bond acceptors (Lipinski definition) is 4. The van der Waals surface area contributed by atoms with Gasteiger partial charge in [-0.3, -0.25) is 4.90 Å². The van der Waals surface area contributed by atoms with Gasteiger partial charge in [0.2, 0.25) is 0 Å². The van der Waals surface area contributed by atoms with E-state index in [4.69, 9.17) is 4.74 Å². The van der Waals surface area contributed by atoms with E-state index in [-0.39, 0.29) is 6.03 Å². The van der Waals surface area contributed by atoms with E-state index in [1.165, 1.54) is 11.3 Å². The van der Waals surface area contributed by atoms with Gasteiger partial charge in [0.05, 0.1) is 5.69 Å². The Morgan fingerprint density at radius 1 is 0.968 bits per heavy atom. The number of rotatable bonds is 7. The number of nitrogens with one attached hydrogen (secondary N) is 1. The van der Waals surface area contributed by atoms with Gasteiger partial charge in [-0.05, 0) is 49.1 Å². The summed E-state index contributed by atoms with van der Waals surface area (Å²) >= 11 is 0. The molecule has 6 heteroatoms. The zero-order valence-electron chi connectivity index (χ0n) is 18.6. The summed E-state index contributed by atoms with van der Waals surface area (Å²) in [6.45, 7) is 9.45. The lowest BCUT2D eigenvalue weighted by Crippen LogP contribution is -2.47. The number of piperazine rings is 1. The molecule has 0 saturated carbocycles. The van der Waals surface area contributed by atoms with Crippen LogP contribution in [-0.4, -0.2) is 68.3 Å². The molecule has 4 rings (SSSR count). The predicted molar refractivity (Wildman–Crippen MR) is 126 cm³/mol. The number of carbonyl (C=O) groups is 1. The van der Waals surface area contributed by atoms with Gasteiger partial charge in [-0.15, -0.1) is 0 Å². The van der Waals surface area contributed by atoms with Gasteiger partial charge in [0.1, 0.15) is 12.4 Å². The van der Waals surface area contributed by atoms with Crippen LogP contribution < -0.4 is 15.0 Å². The molecule has 2 aliphatic heterocycles. The number of benzene rings is 2. The number of likely N-dealkylation sites (tertiary alicyclic amines) is 1. The van der Waals surface area contributed by atoms with E-state index < -0.39 is 0 Å². The largest absolute Gasteiger partial charge is 0.490 e. The zero-order chi connectivity index (χ0) is 21.5. The average molecular weight is 423 g/mol. The molecule has 0 aromatic heterocycles. The zero-order valence-corrected chi connectivity index (χ0v) is 18.6. The third-order valence-electron chi connectivity index (χ3n) is 6.25. The number of amides is 2. The van der Waals surface area contributed by atoms with Crippen molar-refractivity contribution >= 4 is 17.4 Å². The highest BCUT2D eigenvalue weighted by Gasteiger charge is 2.20. The van der Waals surface area contributed by atoms with E-state index in [1.807, 2.05) is 11.0 Å². The van der Waals surface area contributed by atoms with E-state index in [9.17, 15) is 4.79 Å².